The molecule has 96 valence electrons. The summed E-state index contributed by atoms with van der Waals surface area (Å²) in [6, 6.07) is 0. The molecular formula is C8H9N5O4S. The van der Waals surface area contributed by atoms with Gasteiger partial charge in [-0.25, -0.2) is 9.79 Å². The van der Waals surface area contributed by atoms with Crippen LogP contribution in [0.3, 0.4) is 0 Å². The molecule has 1 rings (SSSR count). The van der Waals surface area contributed by atoms with Gasteiger partial charge in [0.25, 0.3) is 5.56 Å². The number of nitrogens with zero attached hydrogens (tertiary/aromatic N) is 1. The molecule has 1 heterocycles. The van der Waals surface area contributed by atoms with Crippen molar-refractivity contribution < 1.29 is 9.90 Å². The number of carbonyl (C=O) groups is 1. The molecule has 1 aromatic rings. The van der Waals surface area contributed by atoms with Gasteiger partial charge >= 0.3 is 5.69 Å². The minimum absolute atomic E-state index is 0.129. The van der Waals surface area contributed by atoms with Gasteiger partial charge in [-0.1, -0.05) is 0 Å². The number of aromatic nitrogens is 2. The van der Waals surface area contributed by atoms with E-state index in [1.807, 2.05) is 9.97 Å². The second kappa shape index (κ2) is 5.72. The number of nitrogens with one attached hydrogen (secondary N) is 4. The maximum absolute atomic E-state index is 11.3. The first-order chi connectivity index (χ1) is 8.40. The maximum Gasteiger partial charge on any atom is 0.328 e. The lowest BCUT2D eigenvalue weighted by molar-refractivity contribution is -0.119. The summed E-state index contributed by atoms with van der Waals surface area (Å²) in [4.78, 5) is 40.1. The second-order valence-electron chi connectivity index (χ2n) is 3.04. The molecule has 0 unspecified atom stereocenters. The molecule has 1 amide bonds. The van der Waals surface area contributed by atoms with Crippen LogP contribution in [0.5, 0.6) is 5.88 Å². The van der Waals surface area contributed by atoms with E-state index in [0.29, 0.717) is 0 Å². The van der Waals surface area contributed by atoms with E-state index in [1.54, 1.807) is 0 Å². The third-order valence-corrected chi connectivity index (χ3v) is 1.82. The van der Waals surface area contributed by atoms with Gasteiger partial charge in [0, 0.05) is 13.1 Å². The zero-order valence-electron chi connectivity index (χ0n) is 9.10. The topological polar surface area (TPSA) is 139 Å². The Morgan fingerprint density at radius 1 is 1.39 bits per heavy atom. The molecule has 5 N–H and O–H groups in total. The Kier molecular flexibility index (Phi) is 4.32. The lowest BCUT2D eigenvalue weighted by Gasteiger charge is -2.02. The summed E-state index contributed by atoms with van der Waals surface area (Å²) >= 11 is 4.69. The first kappa shape index (κ1) is 13.6. The smallest absolute Gasteiger partial charge is 0.328 e. The summed E-state index contributed by atoms with van der Waals surface area (Å²) in [6.45, 7) is 1.26. The third-order valence-electron chi connectivity index (χ3n) is 1.62. The summed E-state index contributed by atoms with van der Waals surface area (Å²) in [5.41, 5.74) is 2.52. The van der Waals surface area contributed by atoms with E-state index < -0.39 is 17.1 Å². The number of hydrazine groups is 1. The molecule has 0 bridgehead atoms. The van der Waals surface area contributed by atoms with E-state index >= 15 is 0 Å². The average Bonchev–Trinajstić information content (AvgIpc) is 2.24. The van der Waals surface area contributed by atoms with Crippen molar-refractivity contribution in [1.29, 1.82) is 0 Å². The maximum atomic E-state index is 11.3. The number of rotatable bonds is 1. The van der Waals surface area contributed by atoms with Gasteiger partial charge in [0.1, 0.15) is 5.56 Å². The van der Waals surface area contributed by atoms with Crippen LogP contribution in [0.1, 0.15) is 12.5 Å². The highest BCUT2D eigenvalue weighted by Gasteiger charge is 2.05. The molecule has 0 saturated carbocycles. The fourth-order valence-corrected chi connectivity index (χ4v) is 1.00. The van der Waals surface area contributed by atoms with Gasteiger partial charge in [-0.2, -0.15) is 0 Å². The van der Waals surface area contributed by atoms with Crippen molar-refractivity contribution in [3.8, 4) is 5.88 Å². The van der Waals surface area contributed by atoms with Crippen molar-refractivity contribution in [3.05, 3.63) is 26.4 Å². The molecule has 18 heavy (non-hydrogen) atoms. The van der Waals surface area contributed by atoms with Gasteiger partial charge in [0.2, 0.25) is 16.9 Å². The minimum atomic E-state index is -0.839. The highest BCUT2D eigenvalue weighted by Crippen LogP contribution is 2.00. The summed E-state index contributed by atoms with van der Waals surface area (Å²) in [6.07, 6.45) is 0.946. The van der Waals surface area contributed by atoms with Gasteiger partial charge < -0.3 is 5.11 Å². The third kappa shape index (κ3) is 3.83. The van der Waals surface area contributed by atoms with E-state index in [4.69, 9.17) is 12.2 Å². The van der Waals surface area contributed by atoms with Crippen LogP contribution in [0.2, 0.25) is 0 Å². The lowest BCUT2D eigenvalue weighted by Crippen LogP contribution is -2.38. The summed E-state index contributed by atoms with van der Waals surface area (Å²) in [7, 11) is 0. The van der Waals surface area contributed by atoms with Crippen LogP contribution in [-0.2, 0) is 4.79 Å². The van der Waals surface area contributed by atoms with Crippen molar-refractivity contribution in [2.75, 3.05) is 0 Å². The molecule has 0 atom stereocenters. The van der Waals surface area contributed by atoms with Gasteiger partial charge in [0.15, 0.2) is 0 Å². The number of amides is 1. The minimum Gasteiger partial charge on any atom is -0.494 e. The van der Waals surface area contributed by atoms with Crippen molar-refractivity contribution in [1.82, 2.24) is 20.8 Å². The average molecular weight is 271 g/mol. The van der Waals surface area contributed by atoms with E-state index in [9.17, 15) is 19.5 Å². The number of thiocarbonyl (C=S) groups is 1. The first-order valence-electron chi connectivity index (χ1n) is 4.56. The molecule has 0 aliphatic heterocycles. The molecule has 0 fully saturated rings. The first-order valence-corrected chi connectivity index (χ1v) is 4.97. The number of hydrogen-bond donors (Lipinski definition) is 5. The predicted molar refractivity (Wildman–Crippen MR) is 66.5 cm³/mol. The van der Waals surface area contributed by atoms with Gasteiger partial charge in [0.05, 0.1) is 0 Å². The molecule has 10 heteroatoms. The number of carbonyl (C=O) groups excluding carboxylic acids is 1. The van der Waals surface area contributed by atoms with Crippen molar-refractivity contribution >= 4 is 29.5 Å². The number of H-pyrrole nitrogens is 2. The van der Waals surface area contributed by atoms with Crippen molar-refractivity contribution in [2.24, 2.45) is 4.99 Å². The Hall–Kier alpha value is -2.49. The van der Waals surface area contributed by atoms with Gasteiger partial charge in [-0.3, -0.25) is 30.4 Å². The summed E-state index contributed by atoms with van der Waals surface area (Å²) in [5.74, 6) is -1.01. The molecule has 0 radical (unpaired) electrons. The van der Waals surface area contributed by atoms with E-state index in [2.05, 4.69) is 15.8 Å². The van der Waals surface area contributed by atoms with Crippen molar-refractivity contribution in [3.63, 3.8) is 0 Å². The molecule has 0 aliphatic carbocycles. The number of aromatic hydroxyl groups is 1. The normalized spacial score (nSPS) is 10.3. The molecule has 0 spiro atoms. The highest BCUT2D eigenvalue weighted by atomic mass is 32.1. The summed E-state index contributed by atoms with van der Waals surface area (Å²) in [5, 5.41) is 9.17. The Morgan fingerprint density at radius 3 is 2.61 bits per heavy atom. The molecule has 0 aromatic carbocycles. The fraction of sp³-hybridized carbons (Fsp3) is 0.125. The number of aromatic amines is 2. The van der Waals surface area contributed by atoms with E-state index in [1.165, 1.54) is 6.92 Å². The molecule has 0 saturated heterocycles. The molecule has 0 aliphatic rings. The molecule has 1 aromatic heterocycles. The van der Waals surface area contributed by atoms with Crippen LogP contribution in [0.4, 0.5) is 0 Å². The Morgan fingerprint density at radius 2 is 2.06 bits per heavy atom. The lowest BCUT2D eigenvalue weighted by atomic mass is 10.3. The van der Waals surface area contributed by atoms with Crippen LogP contribution >= 0.6 is 12.2 Å². The van der Waals surface area contributed by atoms with Gasteiger partial charge in [-0.05, 0) is 12.2 Å². The van der Waals surface area contributed by atoms with Crippen LogP contribution < -0.4 is 22.1 Å². The largest absolute Gasteiger partial charge is 0.494 e. The standard InChI is InChI=1S/C8H9N5O4S/c1-3(14)12-13-8(18)9-2-4-5(15)10-7(17)11-6(4)16/h2H,1H3,(H,12,14)(H,13,18)(H3,10,11,15,16,17). The van der Waals surface area contributed by atoms with Crippen LogP contribution in [-0.4, -0.2) is 32.3 Å². The monoisotopic (exact) mass is 271 g/mol. The molecular weight excluding hydrogens is 262 g/mol. The second-order valence-corrected chi connectivity index (χ2v) is 3.43. The van der Waals surface area contributed by atoms with E-state index in [0.717, 1.165) is 6.21 Å². The summed E-state index contributed by atoms with van der Waals surface area (Å²) < 4.78 is 0. The Labute approximate surface area is 105 Å². The molecule has 9 nitrogen and oxygen atoms in total. The zero-order valence-corrected chi connectivity index (χ0v) is 9.92. The zero-order chi connectivity index (χ0) is 13.7. The fourth-order valence-electron chi connectivity index (χ4n) is 0.901. The van der Waals surface area contributed by atoms with Crippen LogP contribution in [0.25, 0.3) is 0 Å². The quantitative estimate of drug-likeness (QED) is 0.230. The predicted octanol–water partition coefficient (Wildman–Crippen LogP) is -1.89. The Bertz CT molecular complexity index is 617. The number of hydrogen-bond acceptors (Lipinski definition) is 5. The van der Waals surface area contributed by atoms with Crippen LogP contribution in [0, 0.1) is 0 Å². The SMILES string of the molecule is CC(=O)NNC(=S)N=Cc1c(O)[nH]c(=O)[nH]c1=O. The van der Waals surface area contributed by atoms with Gasteiger partial charge in [-0.15, -0.1) is 0 Å². The number of aliphatic imine (C=N–C) groups is 1. The van der Waals surface area contributed by atoms with E-state index in [-0.39, 0.29) is 16.6 Å². The Balaban J connectivity index is 2.85. The van der Waals surface area contributed by atoms with Crippen LogP contribution in [0.15, 0.2) is 14.6 Å². The van der Waals surface area contributed by atoms with Crippen molar-refractivity contribution in [2.45, 2.75) is 6.92 Å². The highest BCUT2D eigenvalue weighted by molar-refractivity contribution is 7.80.